The molecule has 0 aromatic heterocycles. The molecule has 0 bridgehead atoms. The van der Waals surface area contributed by atoms with Gasteiger partial charge in [0.15, 0.2) is 6.10 Å². The SMILES string of the molecule is Cc1ccc(C=NNC(=O)C(C)Oc2ccc(Br)cc2)cc1. The number of rotatable bonds is 5. The topological polar surface area (TPSA) is 50.7 Å². The maximum atomic E-state index is 11.9. The number of hydrogen-bond acceptors (Lipinski definition) is 3. The second-order valence-corrected chi connectivity index (χ2v) is 5.77. The van der Waals surface area contributed by atoms with Crippen molar-refractivity contribution < 1.29 is 9.53 Å². The van der Waals surface area contributed by atoms with Crippen LogP contribution in [0.5, 0.6) is 5.75 Å². The van der Waals surface area contributed by atoms with Gasteiger partial charge >= 0.3 is 0 Å². The van der Waals surface area contributed by atoms with E-state index >= 15 is 0 Å². The number of amides is 1. The summed E-state index contributed by atoms with van der Waals surface area (Å²) in [6.07, 6.45) is 0.972. The first-order chi connectivity index (χ1) is 10.5. The molecule has 0 fully saturated rings. The van der Waals surface area contributed by atoms with Crippen LogP contribution in [0.15, 0.2) is 58.1 Å². The Hall–Kier alpha value is -2.14. The number of ether oxygens (including phenoxy) is 1. The number of nitrogens with zero attached hydrogens (tertiary/aromatic N) is 1. The molecule has 0 saturated heterocycles. The normalized spacial score (nSPS) is 12.1. The highest BCUT2D eigenvalue weighted by Gasteiger charge is 2.13. The zero-order valence-electron chi connectivity index (χ0n) is 12.4. The van der Waals surface area contributed by atoms with Gasteiger partial charge in [-0.3, -0.25) is 4.79 Å². The summed E-state index contributed by atoms with van der Waals surface area (Å²) in [5.74, 6) is 0.333. The molecule has 5 heteroatoms. The van der Waals surface area contributed by atoms with E-state index in [0.717, 1.165) is 10.0 Å². The predicted molar refractivity (Wildman–Crippen MR) is 91.1 cm³/mol. The van der Waals surface area contributed by atoms with Crippen LogP contribution in [-0.2, 0) is 4.79 Å². The van der Waals surface area contributed by atoms with Gasteiger partial charge in [0.05, 0.1) is 6.21 Å². The van der Waals surface area contributed by atoms with Gasteiger partial charge < -0.3 is 4.74 Å². The van der Waals surface area contributed by atoms with E-state index in [2.05, 4.69) is 26.5 Å². The molecule has 0 aliphatic carbocycles. The lowest BCUT2D eigenvalue weighted by atomic mass is 10.2. The quantitative estimate of drug-likeness (QED) is 0.653. The summed E-state index contributed by atoms with van der Waals surface area (Å²) in [4.78, 5) is 11.9. The first-order valence-corrected chi connectivity index (χ1v) is 7.66. The number of hydrogen-bond donors (Lipinski definition) is 1. The lowest BCUT2D eigenvalue weighted by molar-refractivity contribution is -0.127. The summed E-state index contributed by atoms with van der Waals surface area (Å²) in [6, 6.07) is 15.2. The maximum Gasteiger partial charge on any atom is 0.280 e. The number of nitrogens with one attached hydrogen (secondary N) is 1. The summed E-state index contributed by atoms with van der Waals surface area (Å²) in [5, 5.41) is 3.94. The molecule has 22 heavy (non-hydrogen) atoms. The standard InChI is InChI=1S/C17H17BrN2O2/c1-12-3-5-14(6-4-12)11-19-20-17(21)13(2)22-16-9-7-15(18)8-10-16/h3-11,13H,1-2H3,(H,20,21). The van der Waals surface area contributed by atoms with E-state index in [1.807, 2.05) is 43.3 Å². The van der Waals surface area contributed by atoms with Crippen LogP contribution in [0.1, 0.15) is 18.1 Å². The molecule has 1 atom stereocenters. The van der Waals surface area contributed by atoms with Crippen molar-refractivity contribution in [3.63, 3.8) is 0 Å². The monoisotopic (exact) mass is 360 g/mol. The third kappa shape index (κ3) is 5.00. The van der Waals surface area contributed by atoms with E-state index in [-0.39, 0.29) is 5.91 Å². The fourth-order valence-corrected chi connectivity index (χ4v) is 1.95. The van der Waals surface area contributed by atoms with Gasteiger partial charge in [-0.05, 0) is 43.7 Å². The Morgan fingerprint density at radius 2 is 1.82 bits per heavy atom. The van der Waals surface area contributed by atoms with Crippen LogP contribution >= 0.6 is 15.9 Å². The van der Waals surface area contributed by atoms with Crippen LogP contribution in [0, 0.1) is 6.92 Å². The Kier molecular flexibility index (Phi) is 5.72. The number of carbonyl (C=O) groups excluding carboxylic acids is 1. The summed E-state index contributed by atoms with van der Waals surface area (Å²) in [6.45, 7) is 3.70. The number of halogens is 1. The van der Waals surface area contributed by atoms with Gasteiger partial charge in [-0.2, -0.15) is 5.10 Å². The zero-order chi connectivity index (χ0) is 15.9. The summed E-state index contributed by atoms with van der Waals surface area (Å²) in [7, 11) is 0. The number of hydrazone groups is 1. The lowest BCUT2D eigenvalue weighted by Gasteiger charge is -2.12. The molecule has 1 unspecified atom stereocenters. The molecule has 0 saturated carbocycles. The molecule has 4 nitrogen and oxygen atoms in total. The van der Waals surface area contributed by atoms with Crippen molar-refractivity contribution in [3.05, 3.63) is 64.1 Å². The summed E-state index contributed by atoms with van der Waals surface area (Å²) in [5.41, 5.74) is 4.58. The van der Waals surface area contributed by atoms with Gasteiger partial charge in [0, 0.05) is 4.47 Å². The Balaban J connectivity index is 1.85. The lowest BCUT2D eigenvalue weighted by Crippen LogP contribution is -2.33. The van der Waals surface area contributed by atoms with Crippen LogP contribution in [0.4, 0.5) is 0 Å². The van der Waals surface area contributed by atoms with Gasteiger partial charge in [0.1, 0.15) is 5.75 Å². The average molecular weight is 361 g/mol. The average Bonchev–Trinajstić information content (AvgIpc) is 2.51. The van der Waals surface area contributed by atoms with Crippen molar-refractivity contribution in [2.75, 3.05) is 0 Å². The zero-order valence-corrected chi connectivity index (χ0v) is 14.0. The van der Waals surface area contributed by atoms with Gasteiger partial charge in [0.2, 0.25) is 0 Å². The molecule has 0 spiro atoms. The van der Waals surface area contributed by atoms with E-state index in [4.69, 9.17) is 4.74 Å². The molecular formula is C17H17BrN2O2. The molecule has 0 radical (unpaired) electrons. The Bertz CT molecular complexity index is 651. The number of aryl methyl sites for hydroxylation is 1. The van der Waals surface area contributed by atoms with E-state index in [1.165, 1.54) is 5.56 Å². The fraction of sp³-hybridized carbons (Fsp3) is 0.176. The third-order valence-corrected chi connectivity index (χ3v) is 3.49. The smallest absolute Gasteiger partial charge is 0.280 e. The third-order valence-electron chi connectivity index (χ3n) is 2.96. The second kappa shape index (κ2) is 7.75. The first kappa shape index (κ1) is 16.2. The van der Waals surface area contributed by atoms with Crippen LogP contribution in [0.25, 0.3) is 0 Å². The predicted octanol–water partition coefficient (Wildman–Crippen LogP) is 3.68. The highest BCUT2D eigenvalue weighted by atomic mass is 79.9. The minimum absolute atomic E-state index is 0.300. The molecule has 2 aromatic carbocycles. The molecule has 0 aliphatic heterocycles. The van der Waals surface area contributed by atoms with Crippen molar-refractivity contribution in [3.8, 4) is 5.75 Å². The first-order valence-electron chi connectivity index (χ1n) is 6.86. The Morgan fingerprint density at radius 3 is 2.45 bits per heavy atom. The molecule has 2 rings (SSSR count). The molecule has 0 aliphatic rings. The molecule has 0 heterocycles. The van der Waals surface area contributed by atoms with Crippen molar-refractivity contribution >= 4 is 28.1 Å². The summed E-state index contributed by atoms with van der Waals surface area (Å²) >= 11 is 3.35. The van der Waals surface area contributed by atoms with Crippen LogP contribution in [0.2, 0.25) is 0 Å². The molecule has 1 N–H and O–H groups in total. The highest BCUT2D eigenvalue weighted by molar-refractivity contribution is 9.10. The van der Waals surface area contributed by atoms with E-state index in [0.29, 0.717) is 5.75 Å². The maximum absolute atomic E-state index is 11.9. The van der Waals surface area contributed by atoms with Gasteiger partial charge in [0.25, 0.3) is 5.91 Å². The highest BCUT2D eigenvalue weighted by Crippen LogP contribution is 2.17. The van der Waals surface area contributed by atoms with Crippen LogP contribution in [0.3, 0.4) is 0 Å². The van der Waals surface area contributed by atoms with Gasteiger partial charge in [-0.1, -0.05) is 45.8 Å². The van der Waals surface area contributed by atoms with Gasteiger partial charge in [-0.15, -0.1) is 0 Å². The van der Waals surface area contributed by atoms with Crippen molar-refractivity contribution in [1.29, 1.82) is 0 Å². The second-order valence-electron chi connectivity index (χ2n) is 4.86. The number of benzene rings is 2. The van der Waals surface area contributed by atoms with Crippen molar-refractivity contribution in [2.45, 2.75) is 20.0 Å². The largest absolute Gasteiger partial charge is 0.481 e. The Morgan fingerprint density at radius 1 is 1.18 bits per heavy atom. The minimum atomic E-state index is -0.628. The number of carbonyl (C=O) groups is 1. The summed E-state index contributed by atoms with van der Waals surface area (Å²) < 4.78 is 6.50. The van der Waals surface area contributed by atoms with E-state index < -0.39 is 6.10 Å². The molecular weight excluding hydrogens is 344 g/mol. The Labute approximate surface area is 138 Å². The minimum Gasteiger partial charge on any atom is -0.481 e. The van der Waals surface area contributed by atoms with E-state index in [1.54, 1.807) is 25.3 Å². The van der Waals surface area contributed by atoms with Crippen molar-refractivity contribution in [1.82, 2.24) is 5.43 Å². The van der Waals surface area contributed by atoms with Crippen LogP contribution < -0.4 is 10.2 Å². The molecule has 114 valence electrons. The molecule has 2 aromatic rings. The van der Waals surface area contributed by atoms with E-state index in [9.17, 15) is 4.79 Å². The molecule has 1 amide bonds. The van der Waals surface area contributed by atoms with Crippen molar-refractivity contribution in [2.24, 2.45) is 5.10 Å². The van der Waals surface area contributed by atoms with Gasteiger partial charge in [-0.25, -0.2) is 5.43 Å². The van der Waals surface area contributed by atoms with Crippen LogP contribution in [-0.4, -0.2) is 18.2 Å². The fourth-order valence-electron chi connectivity index (χ4n) is 1.68.